The van der Waals surface area contributed by atoms with E-state index in [4.69, 9.17) is 0 Å². The third-order valence-electron chi connectivity index (χ3n) is 4.40. The summed E-state index contributed by atoms with van der Waals surface area (Å²) in [6, 6.07) is 7.86. The first-order valence-corrected chi connectivity index (χ1v) is 8.60. The second-order valence-corrected chi connectivity index (χ2v) is 6.58. The predicted molar refractivity (Wildman–Crippen MR) is 98.5 cm³/mol. The third-order valence-corrected chi connectivity index (χ3v) is 4.40. The summed E-state index contributed by atoms with van der Waals surface area (Å²) in [7, 11) is 1.79. The van der Waals surface area contributed by atoms with E-state index in [1.165, 1.54) is 12.1 Å². The summed E-state index contributed by atoms with van der Waals surface area (Å²) in [5, 5.41) is 6.89. The number of pyridine rings is 1. The van der Waals surface area contributed by atoms with Crippen LogP contribution in [0.1, 0.15) is 40.1 Å². The van der Waals surface area contributed by atoms with Crippen molar-refractivity contribution in [1.82, 2.24) is 20.1 Å². The number of hydrogen-bond donors (Lipinski definition) is 1. The molecule has 0 aliphatic rings. The highest BCUT2D eigenvalue weighted by Gasteiger charge is 2.30. The van der Waals surface area contributed by atoms with Crippen LogP contribution in [0, 0.1) is 6.92 Å². The number of hydrogen-bond acceptors (Lipinski definition) is 3. The summed E-state index contributed by atoms with van der Waals surface area (Å²) < 4.78 is 39.7. The van der Waals surface area contributed by atoms with Crippen LogP contribution in [0.5, 0.6) is 0 Å². The number of aromatic nitrogens is 3. The van der Waals surface area contributed by atoms with Gasteiger partial charge in [-0.15, -0.1) is 0 Å². The fraction of sp³-hybridized carbons (Fsp3) is 0.250. The second-order valence-electron chi connectivity index (χ2n) is 6.58. The topological polar surface area (TPSA) is 59.8 Å². The summed E-state index contributed by atoms with van der Waals surface area (Å²) in [5.74, 6) is -0.393. The minimum absolute atomic E-state index is 0.264. The minimum atomic E-state index is -4.39. The number of alkyl halides is 3. The van der Waals surface area contributed by atoms with E-state index in [-0.39, 0.29) is 5.69 Å². The van der Waals surface area contributed by atoms with Crippen molar-refractivity contribution in [1.29, 1.82) is 0 Å². The van der Waals surface area contributed by atoms with E-state index < -0.39 is 23.7 Å². The summed E-state index contributed by atoms with van der Waals surface area (Å²) in [5.41, 5.74) is 2.21. The van der Waals surface area contributed by atoms with Crippen LogP contribution >= 0.6 is 0 Å². The molecule has 5 nitrogen and oxygen atoms in total. The molecule has 1 amide bonds. The Bertz CT molecular complexity index is 993. The van der Waals surface area contributed by atoms with Gasteiger partial charge in [0.25, 0.3) is 5.91 Å². The van der Waals surface area contributed by atoms with Crippen molar-refractivity contribution in [3.05, 3.63) is 71.2 Å². The lowest BCUT2D eigenvalue weighted by atomic mass is 10.1. The molecule has 1 atom stereocenters. The van der Waals surface area contributed by atoms with Gasteiger partial charge < -0.3 is 5.32 Å². The first kappa shape index (κ1) is 19.6. The van der Waals surface area contributed by atoms with Gasteiger partial charge in [-0.3, -0.25) is 9.48 Å². The number of nitrogens with zero attached hydrogens (tertiary/aromatic N) is 3. The first-order valence-electron chi connectivity index (χ1n) is 8.60. The van der Waals surface area contributed by atoms with Gasteiger partial charge in [-0.25, -0.2) is 4.98 Å². The van der Waals surface area contributed by atoms with Gasteiger partial charge >= 0.3 is 6.18 Å². The molecule has 0 aliphatic heterocycles. The number of halogens is 3. The first-order chi connectivity index (χ1) is 13.1. The lowest BCUT2D eigenvalue weighted by Gasteiger charge is -2.16. The SMILES string of the molecule is Cc1ccc(-c2cnn(C)c2)nc1C(=O)NC(C)c1ccc(C(F)(F)F)cc1. The minimum Gasteiger partial charge on any atom is -0.344 e. The fourth-order valence-corrected chi connectivity index (χ4v) is 2.78. The van der Waals surface area contributed by atoms with Gasteiger partial charge in [0.1, 0.15) is 5.69 Å². The van der Waals surface area contributed by atoms with E-state index in [0.717, 1.165) is 17.7 Å². The molecule has 28 heavy (non-hydrogen) atoms. The predicted octanol–water partition coefficient (Wildman–Crippen LogP) is 4.30. The molecule has 0 bridgehead atoms. The van der Waals surface area contributed by atoms with Gasteiger partial charge in [0.05, 0.1) is 23.5 Å². The summed E-state index contributed by atoms with van der Waals surface area (Å²) in [6.45, 7) is 3.48. The Morgan fingerprint density at radius 3 is 2.39 bits per heavy atom. The Morgan fingerprint density at radius 1 is 1.14 bits per heavy atom. The average Bonchev–Trinajstić information content (AvgIpc) is 3.07. The maximum atomic E-state index is 12.7. The van der Waals surface area contributed by atoms with Crippen molar-refractivity contribution in [2.24, 2.45) is 7.05 Å². The van der Waals surface area contributed by atoms with Crippen LogP contribution in [-0.4, -0.2) is 20.7 Å². The standard InChI is InChI=1S/C20H19F3N4O/c1-12-4-9-17(15-10-24-27(3)11-15)26-18(12)19(28)25-13(2)14-5-7-16(8-6-14)20(21,22)23/h4-11,13H,1-3H3,(H,25,28). The van der Waals surface area contributed by atoms with Gasteiger partial charge in [-0.05, 0) is 43.2 Å². The van der Waals surface area contributed by atoms with Gasteiger partial charge in [-0.1, -0.05) is 18.2 Å². The highest BCUT2D eigenvalue weighted by molar-refractivity contribution is 5.94. The number of benzene rings is 1. The Balaban J connectivity index is 1.78. The van der Waals surface area contributed by atoms with E-state index in [1.807, 2.05) is 6.07 Å². The smallest absolute Gasteiger partial charge is 0.344 e. The van der Waals surface area contributed by atoms with Crippen molar-refractivity contribution >= 4 is 5.91 Å². The summed E-state index contributed by atoms with van der Waals surface area (Å²) in [6.07, 6.45) is -0.937. The van der Waals surface area contributed by atoms with Crippen LogP contribution in [0.15, 0.2) is 48.8 Å². The van der Waals surface area contributed by atoms with Crippen molar-refractivity contribution in [3.63, 3.8) is 0 Å². The summed E-state index contributed by atoms with van der Waals surface area (Å²) >= 11 is 0. The number of amides is 1. The molecule has 0 spiro atoms. The number of carbonyl (C=O) groups excluding carboxylic acids is 1. The number of nitrogens with one attached hydrogen (secondary N) is 1. The lowest BCUT2D eigenvalue weighted by Crippen LogP contribution is -2.28. The molecule has 1 aromatic carbocycles. The number of carbonyl (C=O) groups is 1. The Labute approximate surface area is 160 Å². The molecule has 0 radical (unpaired) electrons. The molecule has 3 rings (SSSR count). The van der Waals surface area contributed by atoms with E-state index in [2.05, 4.69) is 15.4 Å². The quantitative estimate of drug-likeness (QED) is 0.725. The molecule has 2 heterocycles. The summed E-state index contributed by atoms with van der Waals surface area (Å²) in [4.78, 5) is 17.1. The zero-order chi connectivity index (χ0) is 20.5. The molecule has 0 fully saturated rings. The highest BCUT2D eigenvalue weighted by atomic mass is 19.4. The number of aryl methyl sites for hydroxylation is 2. The van der Waals surface area contributed by atoms with Gasteiger partial charge in [0, 0.05) is 18.8 Å². The highest BCUT2D eigenvalue weighted by Crippen LogP contribution is 2.30. The Hall–Kier alpha value is -3.16. The molecule has 146 valence electrons. The van der Waals surface area contributed by atoms with Crippen LogP contribution in [0.2, 0.25) is 0 Å². The lowest BCUT2D eigenvalue weighted by molar-refractivity contribution is -0.137. The molecule has 1 N–H and O–H groups in total. The molecule has 0 saturated heterocycles. The molecule has 1 unspecified atom stereocenters. The molecular formula is C20H19F3N4O. The molecule has 0 aliphatic carbocycles. The zero-order valence-corrected chi connectivity index (χ0v) is 15.6. The van der Waals surface area contributed by atoms with Crippen molar-refractivity contribution in [3.8, 4) is 11.3 Å². The maximum Gasteiger partial charge on any atom is 0.416 e. The largest absolute Gasteiger partial charge is 0.416 e. The van der Waals surface area contributed by atoms with E-state index in [9.17, 15) is 18.0 Å². The monoisotopic (exact) mass is 388 g/mol. The van der Waals surface area contributed by atoms with Crippen molar-refractivity contribution < 1.29 is 18.0 Å². The zero-order valence-electron chi connectivity index (χ0n) is 15.6. The van der Waals surface area contributed by atoms with Crippen LogP contribution in [0.25, 0.3) is 11.3 Å². The van der Waals surface area contributed by atoms with Crippen molar-refractivity contribution in [2.45, 2.75) is 26.1 Å². The number of rotatable bonds is 4. The normalized spacial score (nSPS) is 12.6. The third kappa shape index (κ3) is 4.21. The molecule has 0 saturated carbocycles. The second kappa shape index (κ2) is 7.46. The van der Waals surface area contributed by atoms with Gasteiger partial charge in [0.15, 0.2) is 0 Å². The van der Waals surface area contributed by atoms with E-state index in [1.54, 1.807) is 44.0 Å². The molecule has 3 aromatic rings. The maximum absolute atomic E-state index is 12.7. The van der Waals surface area contributed by atoms with E-state index >= 15 is 0 Å². The average molecular weight is 388 g/mol. The van der Waals surface area contributed by atoms with E-state index in [0.29, 0.717) is 16.8 Å². The van der Waals surface area contributed by atoms with Crippen LogP contribution in [-0.2, 0) is 13.2 Å². The van der Waals surface area contributed by atoms with Gasteiger partial charge in [-0.2, -0.15) is 18.3 Å². The fourth-order valence-electron chi connectivity index (χ4n) is 2.78. The Kier molecular flexibility index (Phi) is 5.22. The van der Waals surface area contributed by atoms with Crippen molar-refractivity contribution in [2.75, 3.05) is 0 Å². The molecular weight excluding hydrogens is 369 g/mol. The molecule has 2 aromatic heterocycles. The van der Waals surface area contributed by atoms with Crippen LogP contribution < -0.4 is 5.32 Å². The Morgan fingerprint density at radius 2 is 1.82 bits per heavy atom. The molecule has 8 heteroatoms. The van der Waals surface area contributed by atoms with Crippen LogP contribution in [0.3, 0.4) is 0 Å². The van der Waals surface area contributed by atoms with Gasteiger partial charge in [0.2, 0.25) is 0 Å². The van der Waals surface area contributed by atoms with Crippen LogP contribution in [0.4, 0.5) is 13.2 Å².